The van der Waals surface area contributed by atoms with Gasteiger partial charge in [-0.05, 0) is 30.0 Å². The molecule has 4 heteroatoms. The highest BCUT2D eigenvalue weighted by Gasteiger charge is 2.32. The molecule has 1 rings (SSSR count). The molecule has 0 radical (unpaired) electrons. The Kier molecular flexibility index (Phi) is 4.09. The molecular weight excluding hydrogens is 204 g/mol. The second kappa shape index (κ2) is 5.33. The highest BCUT2D eigenvalue weighted by Crippen LogP contribution is 2.30. The van der Waals surface area contributed by atoms with E-state index < -0.39 is 5.54 Å². The molecule has 0 fully saturated rings. The van der Waals surface area contributed by atoms with Crippen LogP contribution >= 0.6 is 0 Å². The summed E-state index contributed by atoms with van der Waals surface area (Å²) >= 11 is 0. The van der Waals surface area contributed by atoms with Gasteiger partial charge in [0, 0.05) is 12.4 Å². The lowest BCUT2D eigenvalue weighted by Crippen LogP contribution is -2.27. The first-order valence-corrected chi connectivity index (χ1v) is 5.10. The average molecular weight is 218 g/mol. The first-order chi connectivity index (χ1) is 7.64. The second-order valence-corrected chi connectivity index (χ2v) is 4.08. The molecule has 0 aliphatic carbocycles. The van der Waals surface area contributed by atoms with E-state index in [-0.39, 0.29) is 5.92 Å². The van der Waals surface area contributed by atoms with Gasteiger partial charge in [-0.15, -0.1) is 0 Å². The molecule has 16 heavy (non-hydrogen) atoms. The Balaban J connectivity index is 3.22. The fourth-order valence-electron chi connectivity index (χ4n) is 1.71. The third kappa shape index (κ3) is 2.61. The zero-order chi connectivity index (χ0) is 12.0. The van der Waals surface area contributed by atoms with Crippen molar-refractivity contribution >= 4 is 12.4 Å². The molecule has 1 heterocycles. The van der Waals surface area contributed by atoms with Gasteiger partial charge >= 0.3 is 0 Å². The summed E-state index contributed by atoms with van der Waals surface area (Å²) in [4.78, 5) is 29.3. The SMILES string of the molecule is CC(C)C[C@@](C=O)(N=C=O)c1ccncc1. The number of carbonyl (C=O) groups is 1. The molecule has 0 N–H and O–H groups in total. The van der Waals surface area contributed by atoms with Gasteiger partial charge in [0.15, 0.2) is 11.8 Å². The minimum absolute atomic E-state index is 0.246. The number of isocyanates is 1. The fourth-order valence-corrected chi connectivity index (χ4v) is 1.71. The largest absolute Gasteiger partial charge is 0.300 e. The maximum atomic E-state index is 11.3. The molecule has 0 spiro atoms. The zero-order valence-corrected chi connectivity index (χ0v) is 9.38. The summed E-state index contributed by atoms with van der Waals surface area (Å²) in [5.74, 6) is 0.246. The fraction of sp³-hybridized carbons (Fsp3) is 0.417. The second-order valence-electron chi connectivity index (χ2n) is 4.08. The molecule has 0 saturated heterocycles. The van der Waals surface area contributed by atoms with Crippen LogP contribution in [0.5, 0.6) is 0 Å². The van der Waals surface area contributed by atoms with Crippen LogP contribution in [-0.4, -0.2) is 17.4 Å². The van der Waals surface area contributed by atoms with Crippen molar-refractivity contribution < 1.29 is 9.59 Å². The lowest BCUT2D eigenvalue weighted by atomic mass is 9.85. The topological polar surface area (TPSA) is 59.4 Å². The quantitative estimate of drug-likeness (QED) is 0.430. The predicted octanol–water partition coefficient (Wildman–Crippen LogP) is 1.86. The summed E-state index contributed by atoms with van der Waals surface area (Å²) in [6.07, 6.45) is 5.83. The number of aromatic nitrogens is 1. The summed E-state index contributed by atoms with van der Waals surface area (Å²) in [5, 5.41) is 0. The molecular formula is C12H14N2O2. The van der Waals surface area contributed by atoms with Crippen LogP contribution in [0.1, 0.15) is 25.8 Å². The molecule has 4 nitrogen and oxygen atoms in total. The van der Waals surface area contributed by atoms with E-state index in [1.165, 1.54) is 6.08 Å². The molecule has 0 bridgehead atoms. The highest BCUT2D eigenvalue weighted by molar-refractivity contribution is 5.69. The van der Waals surface area contributed by atoms with Crippen LogP contribution < -0.4 is 0 Å². The Morgan fingerprint density at radius 3 is 2.56 bits per heavy atom. The number of hydrogen-bond acceptors (Lipinski definition) is 4. The summed E-state index contributed by atoms with van der Waals surface area (Å²) in [6, 6.07) is 3.38. The van der Waals surface area contributed by atoms with Crippen LogP contribution in [0.25, 0.3) is 0 Å². The maximum absolute atomic E-state index is 11.3. The van der Waals surface area contributed by atoms with Crippen molar-refractivity contribution in [3.8, 4) is 0 Å². The number of rotatable bonds is 5. The molecule has 0 aliphatic heterocycles. The van der Waals surface area contributed by atoms with Crippen LogP contribution in [0.2, 0.25) is 0 Å². The van der Waals surface area contributed by atoms with E-state index in [4.69, 9.17) is 0 Å². The van der Waals surface area contributed by atoms with E-state index in [0.29, 0.717) is 18.3 Å². The van der Waals surface area contributed by atoms with Crippen molar-refractivity contribution in [2.75, 3.05) is 0 Å². The molecule has 0 amide bonds. The van der Waals surface area contributed by atoms with Gasteiger partial charge in [0.05, 0.1) is 0 Å². The maximum Gasteiger partial charge on any atom is 0.236 e. The summed E-state index contributed by atoms with van der Waals surface area (Å²) < 4.78 is 0. The first-order valence-electron chi connectivity index (χ1n) is 5.10. The Hall–Kier alpha value is -1.80. The Bertz CT molecular complexity index is 397. The van der Waals surface area contributed by atoms with Gasteiger partial charge in [-0.3, -0.25) is 4.98 Å². The smallest absolute Gasteiger partial charge is 0.236 e. The highest BCUT2D eigenvalue weighted by atomic mass is 16.1. The lowest BCUT2D eigenvalue weighted by Gasteiger charge is -2.23. The van der Waals surface area contributed by atoms with Crippen molar-refractivity contribution in [2.24, 2.45) is 10.9 Å². The zero-order valence-electron chi connectivity index (χ0n) is 9.38. The van der Waals surface area contributed by atoms with Gasteiger partial charge < -0.3 is 4.79 Å². The molecule has 1 atom stereocenters. The molecule has 0 saturated carbocycles. The normalized spacial score (nSPS) is 13.9. The molecule has 84 valence electrons. The minimum atomic E-state index is -1.11. The molecule has 0 aromatic carbocycles. The van der Waals surface area contributed by atoms with Crippen LogP contribution in [-0.2, 0) is 15.1 Å². The average Bonchev–Trinajstić information content (AvgIpc) is 2.29. The summed E-state index contributed by atoms with van der Waals surface area (Å²) in [6.45, 7) is 3.94. The molecule has 0 aliphatic rings. The van der Waals surface area contributed by atoms with Crippen molar-refractivity contribution in [1.82, 2.24) is 4.98 Å². The van der Waals surface area contributed by atoms with Crippen LogP contribution in [0.15, 0.2) is 29.5 Å². The van der Waals surface area contributed by atoms with Gasteiger partial charge in [-0.25, -0.2) is 4.79 Å². The van der Waals surface area contributed by atoms with Gasteiger partial charge in [-0.2, -0.15) is 4.99 Å². The lowest BCUT2D eigenvalue weighted by molar-refractivity contribution is -0.112. The van der Waals surface area contributed by atoms with E-state index in [0.717, 1.165) is 0 Å². The van der Waals surface area contributed by atoms with Crippen molar-refractivity contribution in [2.45, 2.75) is 25.8 Å². The number of nitrogens with zero attached hydrogens (tertiary/aromatic N) is 2. The first kappa shape index (κ1) is 12.3. The van der Waals surface area contributed by atoms with Gasteiger partial charge in [0.2, 0.25) is 6.08 Å². The number of pyridine rings is 1. The monoisotopic (exact) mass is 218 g/mol. The van der Waals surface area contributed by atoms with E-state index >= 15 is 0 Å². The summed E-state index contributed by atoms with van der Waals surface area (Å²) in [7, 11) is 0. The third-order valence-electron chi connectivity index (χ3n) is 2.34. The summed E-state index contributed by atoms with van der Waals surface area (Å²) in [5.41, 5.74) is -0.437. The van der Waals surface area contributed by atoms with Gasteiger partial charge in [0.25, 0.3) is 0 Å². The Labute approximate surface area is 94.4 Å². The van der Waals surface area contributed by atoms with Gasteiger partial charge in [0.1, 0.15) is 0 Å². The minimum Gasteiger partial charge on any atom is -0.300 e. The Morgan fingerprint density at radius 2 is 2.12 bits per heavy atom. The number of aliphatic imine (C=N–C) groups is 1. The predicted molar refractivity (Wildman–Crippen MR) is 59.6 cm³/mol. The number of hydrogen-bond donors (Lipinski definition) is 0. The van der Waals surface area contributed by atoms with E-state index in [9.17, 15) is 9.59 Å². The van der Waals surface area contributed by atoms with Crippen molar-refractivity contribution in [3.05, 3.63) is 30.1 Å². The van der Waals surface area contributed by atoms with Crippen LogP contribution in [0.3, 0.4) is 0 Å². The van der Waals surface area contributed by atoms with Crippen LogP contribution in [0, 0.1) is 5.92 Å². The molecule has 1 aromatic rings. The third-order valence-corrected chi connectivity index (χ3v) is 2.34. The Morgan fingerprint density at radius 1 is 1.50 bits per heavy atom. The van der Waals surface area contributed by atoms with E-state index in [1.54, 1.807) is 24.5 Å². The molecule has 1 aromatic heterocycles. The standard InChI is InChI=1S/C12H14N2O2/c1-10(2)7-12(8-15,14-9-16)11-3-5-13-6-4-11/h3-6,8,10H,7H2,1-2H3/t12-/m0/s1. The van der Waals surface area contributed by atoms with E-state index in [1.807, 2.05) is 13.8 Å². The van der Waals surface area contributed by atoms with Crippen LogP contribution in [0.4, 0.5) is 0 Å². The number of carbonyl (C=O) groups excluding carboxylic acids is 2. The van der Waals surface area contributed by atoms with E-state index in [2.05, 4.69) is 9.98 Å². The van der Waals surface area contributed by atoms with Gasteiger partial charge in [-0.1, -0.05) is 13.8 Å². The van der Waals surface area contributed by atoms with Crippen molar-refractivity contribution in [3.63, 3.8) is 0 Å². The number of aldehydes is 1. The molecule has 0 unspecified atom stereocenters. The van der Waals surface area contributed by atoms with Crippen molar-refractivity contribution in [1.29, 1.82) is 0 Å².